The lowest BCUT2D eigenvalue weighted by Crippen LogP contribution is -2.10. The summed E-state index contributed by atoms with van der Waals surface area (Å²) in [6.45, 7) is 1.90. The Bertz CT molecular complexity index is 856. The molecule has 0 aliphatic carbocycles. The Morgan fingerprint density at radius 3 is 2.95 bits per heavy atom. The third-order valence-electron chi connectivity index (χ3n) is 3.03. The van der Waals surface area contributed by atoms with Crippen LogP contribution in [0, 0.1) is 12.7 Å². The number of halogens is 2. The summed E-state index contributed by atoms with van der Waals surface area (Å²) in [6, 6.07) is 6.21. The van der Waals surface area contributed by atoms with Crippen LogP contribution in [0.1, 0.15) is 10.7 Å². The van der Waals surface area contributed by atoms with Gasteiger partial charge in [0, 0.05) is 10.4 Å². The molecule has 0 radical (unpaired) electrons. The zero-order valence-electron chi connectivity index (χ0n) is 10.5. The molecule has 1 N–H and O–H groups in total. The lowest BCUT2D eigenvalue weighted by atomic mass is 10.0. The Hall–Kier alpha value is -1.72. The van der Waals surface area contributed by atoms with Gasteiger partial charge >= 0.3 is 0 Å². The quantitative estimate of drug-likeness (QED) is 0.731. The zero-order chi connectivity index (χ0) is 14.3. The molecule has 0 bridgehead atoms. The van der Waals surface area contributed by atoms with E-state index in [1.165, 1.54) is 23.5 Å². The van der Waals surface area contributed by atoms with Crippen molar-refractivity contribution in [3.8, 4) is 11.1 Å². The molecule has 0 amide bonds. The van der Waals surface area contributed by atoms with Crippen LogP contribution < -0.4 is 5.56 Å². The van der Waals surface area contributed by atoms with E-state index < -0.39 is 0 Å². The summed E-state index contributed by atoms with van der Waals surface area (Å²) in [7, 11) is 0. The van der Waals surface area contributed by atoms with Gasteiger partial charge in [0.2, 0.25) is 0 Å². The van der Waals surface area contributed by atoms with Crippen molar-refractivity contribution in [1.82, 2.24) is 9.97 Å². The maximum atomic E-state index is 13.4. The zero-order valence-corrected chi connectivity index (χ0v) is 12.1. The molecular weight excluding hydrogens is 299 g/mol. The minimum absolute atomic E-state index is 0.150. The summed E-state index contributed by atoms with van der Waals surface area (Å²) in [6.07, 6.45) is 0. The van der Waals surface area contributed by atoms with Gasteiger partial charge in [0.25, 0.3) is 5.56 Å². The second-order valence-electron chi connectivity index (χ2n) is 4.37. The number of nitrogens with one attached hydrogen (secondary N) is 1. The number of benzene rings is 1. The molecule has 3 rings (SSSR count). The van der Waals surface area contributed by atoms with E-state index in [0.717, 1.165) is 10.4 Å². The van der Waals surface area contributed by atoms with Crippen molar-refractivity contribution in [3.05, 3.63) is 51.1 Å². The normalized spacial score (nSPS) is 11.2. The van der Waals surface area contributed by atoms with Crippen LogP contribution in [0.2, 0.25) is 0 Å². The van der Waals surface area contributed by atoms with Crippen molar-refractivity contribution >= 4 is 33.2 Å². The number of fused-ring (bicyclic) bond motifs is 1. The number of aromatic amines is 1. The summed E-state index contributed by atoms with van der Waals surface area (Å²) < 4.78 is 13.4. The second kappa shape index (κ2) is 5.00. The lowest BCUT2D eigenvalue weighted by Gasteiger charge is -2.02. The molecule has 6 heteroatoms. The Kier molecular flexibility index (Phi) is 3.31. The predicted octanol–water partition coefficient (Wildman–Crippen LogP) is 3.84. The summed E-state index contributed by atoms with van der Waals surface area (Å²) in [5.74, 6) is 0.261. The molecule has 0 unspecified atom stereocenters. The summed E-state index contributed by atoms with van der Waals surface area (Å²) >= 11 is 7.12. The van der Waals surface area contributed by atoms with E-state index >= 15 is 0 Å². The lowest BCUT2D eigenvalue weighted by molar-refractivity contribution is 0.628. The Morgan fingerprint density at radius 1 is 1.45 bits per heavy atom. The first-order valence-electron chi connectivity index (χ1n) is 5.94. The van der Waals surface area contributed by atoms with Crippen LogP contribution in [0.5, 0.6) is 0 Å². The fraction of sp³-hybridized carbons (Fsp3) is 0.143. The standard InChI is InChI=1S/C14H10ClFN2OS/c1-7-11(8-3-2-4-9(16)5-8)12-13(19)17-10(6-15)18-14(12)20-7/h2-5H,6H2,1H3,(H,17,18,19). The van der Waals surface area contributed by atoms with Gasteiger partial charge in [0.05, 0.1) is 11.3 Å². The summed E-state index contributed by atoms with van der Waals surface area (Å²) in [5.41, 5.74) is 1.17. The average Bonchev–Trinajstić information content (AvgIpc) is 2.75. The largest absolute Gasteiger partial charge is 0.309 e. The molecule has 0 aliphatic heterocycles. The fourth-order valence-corrected chi connectivity index (χ4v) is 3.41. The molecule has 0 spiro atoms. The van der Waals surface area contributed by atoms with Gasteiger partial charge in [-0.3, -0.25) is 4.79 Å². The highest BCUT2D eigenvalue weighted by atomic mass is 35.5. The van der Waals surface area contributed by atoms with E-state index in [1.807, 2.05) is 6.92 Å². The Labute approximate surface area is 123 Å². The van der Waals surface area contributed by atoms with Gasteiger partial charge in [-0.2, -0.15) is 0 Å². The SMILES string of the molecule is Cc1sc2nc(CCl)[nH]c(=O)c2c1-c1cccc(F)c1. The van der Waals surface area contributed by atoms with Gasteiger partial charge in [0.15, 0.2) is 0 Å². The highest BCUT2D eigenvalue weighted by molar-refractivity contribution is 7.19. The molecule has 2 heterocycles. The smallest absolute Gasteiger partial charge is 0.260 e. The molecule has 0 atom stereocenters. The van der Waals surface area contributed by atoms with Gasteiger partial charge in [-0.25, -0.2) is 9.37 Å². The van der Waals surface area contributed by atoms with Crippen LogP contribution in [-0.2, 0) is 5.88 Å². The fourth-order valence-electron chi connectivity index (χ4n) is 2.22. The third kappa shape index (κ3) is 2.13. The minimum Gasteiger partial charge on any atom is -0.309 e. The van der Waals surface area contributed by atoms with Gasteiger partial charge in [-0.15, -0.1) is 22.9 Å². The van der Waals surface area contributed by atoms with E-state index in [4.69, 9.17) is 11.6 Å². The molecule has 3 aromatic rings. The first kappa shape index (κ1) is 13.3. The number of alkyl halides is 1. The third-order valence-corrected chi connectivity index (χ3v) is 4.28. The molecule has 20 heavy (non-hydrogen) atoms. The molecule has 0 fully saturated rings. The van der Waals surface area contributed by atoms with Crippen LogP contribution in [0.4, 0.5) is 4.39 Å². The van der Waals surface area contributed by atoms with E-state index in [0.29, 0.717) is 21.6 Å². The topological polar surface area (TPSA) is 45.8 Å². The van der Waals surface area contributed by atoms with Gasteiger partial charge in [0.1, 0.15) is 16.5 Å². The summed E-state index contributed by atoms with van der Waals surface area (Å²) in [5, 5.41) is 0.493. The van der Waals surface area contributed by atoms with Gasteiger partial charge in [-0.1, -0.05) is 12.1 Å². The number of hydrogen-bond acceptors (Lipinski definition) is 3. The number of hydrogen-bond donors (Lipinski definition) is 1. The van der Waals surface area contributed by atoms with Crippen molar-refractivity contribution < 1.29 is 4.39 Å². The van der Waals surface area contributed by atoms with Crippen LogP contribution in [0.3, 0.4) is 0 Å². The highest BCUT2D eigenvalue weighted by Crippen LogP contribution is 2.35. The van der Waals surface area contributed by atoms with Crippen LogP contribution in [-0.4, -0.2) is 9.97 Å². The Balaban J connectivity index is 2.37. The van der Waals surface area contributed by atoms with E-state index in [2.05, 4.69) is 9.97 Å². The summed E-state index contributed by atoms with van der Waals surface area (Å²) in [4.78, 5) is 20.7. The number of nitrogens with zero attached hydrogens (tertiary/aromatic N) is 1. The number of H-pyrrole nitrogens is 1. The second-order valence-corrected chi connectivity index (χ2v) is 5.84. The highest BCUT2D eigenvalue weighted by Gasteiger charge is 2.16. The number of rotatable bonds is 2. The minimum atomic E-state index is -0.331. The Morgan fingerprint density at radius 2 is 2.25 bits per heavy atom. The molecule has 3 nitrogen and oxygen atoms in total. The van der Waals surface area contributed by atoms with Crippen molar-refractivity contribution in [2.24, 2.45) is 0 Å². The van der Waals surface area contributed by atoms with Crippen molar-refractivity contribution in [1.29, 1.82) is 0 Å². The molecular formula is C14H10ClFN2OS. The molecule has 0 aliphatic rings. The maximum Gasteiger partial charge on any atom is 0.260 e. The molecule has 0 saturated heterocycles. The first-order valence-corrected chi connectivity index (χ1v) is 7.29. The predicted molar refractivity (Wildman–Crippen MR) is 79.9 cm³/mol. The maximum absolute atomic E-state index is 13.4. The van der Waals surface area contributed by atoms with Crippen LogP contribution >= 0.6 is 22.9 Å². The molecule has 2 aromatic heterocycles. The van der Waals surface area contributed by atoms with Crippen LogP contribution in [0.25, 0.3) is 21.3 Å². The van der Waals surface area contributed by atoms with E-state index in [1.54, 1.807) is 12.1 Å². The average molecular weight is 309 g/mol. The molecule has 1 aromatic carbocycles. The van der Waals surface area contributed by atoms with Crippen molar-refractivity contribution in [2.45, 2.75) is 12.8 Å². The van der Waals surface area contributed by atoms with E-state index in [9.17, 15) is 9.18 Å². The molecule has 102 valence electrons. The monoisotopic (exact) mass is 308 g/mol. The van der Waals surface area contributed by atoms with Crippen molar-refractivity contribution in [2.75, 3.05) is 0 Å². The first-order chi connectivity index (χ1) is 9.60. The number of aromatic nitrogens is 2. The number of aryl methyl sites for hydroxylation is 1. The molecule has 0 saturated carbocycles. The number of thiophene rings is 1. The van der Waals surface area contributed by atoms with E-state index in [-0.39, 0.29) is 17.3 Å². The van der Waals surface area contributed by atoms with Gasteiger partial charge < -0.3 is 4.98 Å². The van der Waals surface area contributed by atoms with Crippen molar-refractivity contribution in [3.63, 3.8) is 0 Å². The van der Waals surface area contributed by atoms with Crippen LogP contribution in [0.15, 0.2) is 29.1 Å². The van der Waals surface area contributed by atoms with Gasteiger partial charge in [-0.05, 0) is 24.6 Å².